The fourth-order valence-electron chi connectivity index (χ4n) is 1.41. The van der Waals surface area contributed by atoms with Crippen molar-refractivity contribution in [2.75, 3.05) is 11.9 Å². The Hall–Kier alpha value is -1.79. The number of carbonyl (C=O) groups excluding carboxylic acids is 1. The van der Waals surface area contributed by atoms with Crippen LogP contribution in [-0.4, -0.2) is 12.5 Å². The third-order valence-corrected chi connectivity index (χ3v) is 2.07. The zero-order valence-corrected chi connectivity index (χ0v) is 10.3. The molecule has 0 aliphatic carbocycles. The number of benzene rings is 1. The van der Waals surface area contributed by atoms with Crippen LogP contribution in [0.2, 0.25) is 0 Å². The number of hydrogen-bond acceptors (Lipinski definition) is 2. The topological polar surface area (TPSA) is 55.1 Å². The molecule has 0 saturated heterocycles. The highest BCUT2D eigenvalue weighted by molar-refractivity contribution is 5.90. The lowest BCUT2D eigenvalue weighted by Gasteiger charge is -2.07. The van der Waals surface area contributed by atoms with Crippen LogP contribution in [0.15, 0.2) is 24.3 Å². The van der Waals surface area contributed by atoms with E-state index in [1.54, 1.807) is 0 Å². The standard InChI is InChI=1S/C14H18N2O/c1-11(2)9-14(17)16-13-7-3-5-12(10-13)6-4-8-15/h3,5,7,10-11H,8-9,15H2,1-2H3,(H,16,17). The summed E-state index contributed by atoms with van der Waals surface area (Å²) in [6, 6.07) is 7.46. The minimum Gasteiger partial charge on any atom is -0.326 e. The van der Waals surface area contributed by atoms with Gasteiger partial charge >= 0.3 is 0 Å². The first kappa shape index (κ1) is 13.3. The van der Waals surface area contributed by atoms with Crippen LogP contribution in [0.1, 0.15) is 25.8 Å². The predicted octanol–water partition coefficient (Wildman–Crippen LogP) is 1.98. The molecule has 1 amide bonds. The molecule has 1 aromatic rings. The number of nitrogens with one attached hydrogen (secondary N) is 1. The quantitative estimate of drug-likeness (QED) is 0.780. The van der Waals surface area contributed by atoms with E-state index in [1.165, 1.54) is 0 Å². The lowest BCUT2D eigenvalue weighted by molar-refractivity contribution is -0.116. The van der Waals surface area contributed by atoms with Crippen LogP contribution in [0.5, 0.6) is 0 Å². The third-order valence-electron chi connectivity index (χ3n) is 2.07. The van der Waals surface area contributed by atoms with E-state index in [0.29, 0.717) is 18.9 Å². The highest BCUT2D eigenvalue weighted by Crippen LogP contribution is 2.11. The Balaban J connectivity index is 2.68. The minimum absolute atomic E-state index is 0.0314. The molecule has 1 aromatic carbocycles. The normalized spacial score (nSPS) is 9.65. The van der Waals surface area contributed by atoms with E-state index in [-0.39, 0.29) is 5.91 Å². The van der Waals surface area contributed by atoms with Crippen molar-refractivity contribution in [2.45, 2.75) is 20.3 Å². The van der Waals surface area contributed by atoms with Gasteiger partial charge in [0.1, 0.15) is 0 Å². The van der Waals surface area contributed by atoms with Gasteiger partial charge in [-0.2, -0.15) is 0 Å². The molecule has 17 heavy (non-hydrogen) atoms. The van der Waals surface area contributed by atoms with Gasteiger partial charge in [0.05, 0.1) is 6.54 Å². The van der Waals surface area contributed by atoms with Crippen molar-refractivity contribution < 1.29 is 4.79 Å². The number of nitrogens with two attached hydrogens (primary N) is 1. The zero-order valence-electron chi connectivity index (χ0n) is 10.3. The monoisotopic (exact) mass is 230 g/mol. The molecule has 0 atom stereocenters. The van der Waals surface area contributed by atoms with Gasteiger partial charge in [0.25, 0.3) is 0 Å². The number of carbonyl (C=O) groups is 1. The molecular formula is C14H18N2O. The lowest BCUT2D eigenvalue weighted by Crippen LogP contribution is -2.13. The van der Waals surface area contributed by atoms with E-state index in [4.69, 9.17) is 5.73 Å². The number of rotatable bonds is 3. The molecule has 0 aromatic heterocycles. The fraction of sp³-hybridized carbons (Fsp3) is 0.357. The summed E-state index contributed by atoms with van der Waals surface area (Å²) >= 11 is 0. The van der Waals surface area contributed by atoms with Crippen LogP contribution < -0.4 is 11.1 Å². The first-order chi connectivity index (χ1) is 8.11. The average Bonchev–Trinajstić information content (AvgIpc) is 2.25. The van der Waals surface area contributed by atoms with Crippen molar-refractivity contribution in [3.8, 4) is 11.8 Å². The second-order valence-corrected chi connectivity index (χ2v) is 4.23. The van der Waals surface area contributed by atoms with Crippen molar-refractivity contribution in [3.63, 3.8) is 0 Å². The van der Waals surface area contributed by atoms with Crippen LogP contribution in [0, 0.1) is 17.8 Å². The fourth-order valence-corrected chi connectivity index (χ4v) is 1.41. The molecule has 1 rings (SSSR count). The molecule has 90 valence electrons. The molecule has 3 nitrogen and oxygen atoms in total. The van der Waals surface area contributed by atoms with Crippen molar-refractivity contribution >= 4 is 11.6 Å². The van der Waals surface area contributed by atoms with Gasteiger partial charge in [-0.1, -0.05) is 31.8 Å². The molecule has 0 radical (unpaired) electrons. The van der Waals surface area contributed by atoms with Crippen molar-refractivity contribution in [1.29, 1.82) is 0 Å². The number of amides is 1. The van der Waals surface area contributed by atoms with Gasteiger partial charge in [0.2, 0.25) is 5.91 Å². The summed E-state index contributed by atoms with van der Waals surface area (Å²) in [5.41, 5.74) is 6.94. The van der Waals surface area contributed by atoms with Crippen LogP contribution in [-0.2, 0) is 4.79 Å². The largest absolute Gasteiger partial charge is 0.326 e. The van der Waals surface area contributed by atoms with E-state index in [2.05, 4.69) is 17.2 Å². The van der Waals surface area contributed by atoms with Crippen LogP contribution in [0.25, 0.3) is 0 Å². The van der Waals surface area contributed by atoms with Gasteiger partial charge in [-0.3, -0.25) is 4.79 Å². The predicted molar refractivity (Wildman–Crippen MR) is 70.5 cm³/mol. The highest BCUT2D eigenvalue weighted by atomic mass is 16.1. The van der Waals surface area contributed by atoms with Crippen molar-refractivity contribution in [2.24, 2.45) is 11.7 Å². The maximum absolute atomic E-state index is 11.6. The third kappa shape index (κ3) is 5.19. The molecule has 0 unspecified atom stereocenters. The molecule has 3 N–H and O–H groups in total. The van der Waals surface area contributed by atoms with Gasteiger partial charge in [-0.25, -0.2) is 0 Å². The van der Waals surface area contributed by atoms with E-state index in [9.17, 15) is 4.79 Å². The Morgan fingerprint density at radius 2 is 2.24 bits per heavy atom. The molecule has 0 bridgehead atoms. The minimum atomic E-state index is 0.0314. The Kier molecular flexibility index (Phi) is 5.25. The lowest BCUT2D eigenvalue weighted by atomic mass is 10.1. The summed E-state index contributed by atoms with van der Waals surface area (Å²) in [5.74, 6) is 6.10. The Morgan fingerprint density at radius 1 is 1.47 bits per heavy atom. The van der Waals surface area contributed by atoms with Gasteiger partial charge < -0.3 is 11.1 Å². The van der Waals surface area contributed by atoms with Gasteiger partial charge in [-0.15, -0.1) is 0 Å². The van der Waals surface area contributed by atoms with E-state index < -0.39 is 0 Å². The summed E-state index contributed by atoms with van der Waals surface area (Å²) in [5, 5.41) is 2.85. The first-order valence-corrected chi connectivity index (χ1v) is 5.70. The average molecular weight is 230 g/mol. The van der Waals surface area contributed by atoms with E-state index in [1.807, 2.05) is 38.1 Å². The van der Waals surface area contributed by atoms with Crippen LogP contribution >= 0.6 is 0 Å². The Labute approximate surface area is 102 Å². The summed E-state index contributed by atoms with van der Waals surface area (Å²) < 4.78 is 0. The molecule has 3 heteroatoms. The van der Waals surface area contributed by atoms with Crippen LogP contribution in [0.4, 0.5) is 5.69 Å². The second-order valence-electron chi connectivity index (χ2n) is 4.23. The Bertz CT molecular complexity index is 441. The molecule has 0 saturated carbocycles. The molecule has 0 spiro atoms. The van der Waals surface area contributed by atoms with E-state index >= 15 is 0 Å². The first-order valence-electron chi connectivity index (χ1n) is 5.70. The maximum atomic E-state index is 11.6. The van der Waals surface area contributed by atoms with Gasteiger partial charge in [0, 0.05) is 17.7 Å². The SMILES string of the molecule is CC(C)CC(=O)Nc1cccc(C#CCN)c1. The Morgan fingerprint density at radius 3 is 2.88 bits per heavy atom. The van der Waals surface area contributed by atoms with Gasteiger partial charge in [-0.05, 0) is 24.1 Å². The highest BCUT2D eigenvalue weighted by Gasteiger charge is 2.04. The molecular weight excluding hydrogens is 212 g/mol. The maximum Gasteiger partial charge on any atom is 0.224 e. The molecule has 0 heterocycles. The number of anilines is 1. The van der Waals surface area contributed by atoms with Gasteiger partial charge in [0.15, 0.2) is 0 Å². The molecule has 0 aliphatic heterocycles. The summed E-state index contributed by atoms with van der Waals surface area (Å²) in [7, 11) is 0. The summed E-state index contributed by atoms with van der Waals surface area (Å²) in [6.45, 7) is 4.37. The van der Waals surface area contributed by atoms with Crippen molar-refractivity contribution in [1.82, 2.24) is 0 Å². The number of hydrogen-bond donors (Lipinski definition) is 2. The summed E-state index contributed by atoms with van der Waals surface area (Å²) in [6.07, 6.45) is 0.526. The molecule has 0 aliphatic rings. The second kappa shape index (κ2) is 6.72. The smallest absolute Gasteiger partial charge is 0.224 e. The molecule has 0 fully saturated rings. The zero-order chi connectivity index (χ0) is 12.7. The summed E-state index contributed by atoms with van der Waals surface area (Å²) in [4.78, 5) is 11.6. The van der Waals surface area contributed by atoms with Crippen molar-refractivity contribution in [3.05, 3.63) is 29.8 Å². The van der Waals surface area contributed by atoms with Crippen LogP contribution in [0.3, 0.4) is 0 Å². The van der Waals surface area contributed by atoms with E-state index in [0.717, 1.165) is 11.3 Å².